The molecule has 2 fully saturated rings. The molecular weight excluding hydrogens is 358 g/mol. The molecule has 0 atom stereocenters. The number of carbonyl (C=O) groups is 1. The number of nitrogens with one attached hydrogen (secondary N) is 1. The van der Waals surface area contributed by atoms with Crippen LogP contribution in [0.25, 0.3) is 0 Å². The molecule has 3 rings (SSSR count). The second-order valence-corrected chi connectivity index (χ2v) is 9.92. The summed E-state index contributed by atoms with van der Waals surface area (Å²) in [5.74, 6) is 0.0103. The standard InChI is InChI=1S/C17H27N3O3S2/c21-17(18-8-4-11-19-9-1-2-10-19)15-6-12-20(13-7-15)25(22,23)16-5-3-14-24-16/h3,5,14-15H,1-2,4,6-13H2,(H,18,21). The molecule has 8 heteroatoms. The summed E-state index contributed by atoms with van der Waals surface area (Å²) < 4.78 is 26.9. The summed E-state index contributed by atoms with van der Waals surface area (Å²) in [5.41, 5.74) is 0. The molecule has 0 aromatic carbocycles. The molecule has 0 aliphatic carbocycles. The molecule has 1 N–H and O–H groups in total. The van der Waals surface area contributed by atoms with Gasteiger partial charge in [0, 0.05) is 25.6 Å². The molecule has 1 aromatic heterocycles. The summed E-state index contributed by atoms with van der Waals surface area (Å²) in [6.07, 6.45) is 4.76. The van der Waals surface area contributed by atoms with Crippen LogP contribution in [0.4, 0.5) is 0 Å². The van der Waals surface area contributed by atoms with E-state index in [0.717, 1.165) is 13.0 Å². The number of carbonyl (C=O) groups excluding carboxylic acids is 1. The van der Waals surface area contributed by atoms with Crippen molar-refractivity contribution in [2.24, 2.45) is 5.92 Å². The first kappa shape index (κ1) is 18.8. The topological polar surface area (TPSA) is 69.7 Å². The second-order valence-electron chi connectivity index (χ2n) is 6.80. The molecule has 2 saturated heterocycles. The van der Waals surface area contributed by atoms with Gasteiger partial charge in [-0.25, -0.2) is 8.42 Å². The summed E-state index contributed by atoms with van der Waals surface area (Å²) in [5, 5.41) is 4.80. The van der Waals surface area contributed by atoms with E-state index in [1.807, 2.05) is 0 Å². The maximum absolute atomic E-state index is 12.5. The maximum Gasteiger partial charge on any atom is 0.252 e. The fraction of sp³-hybridized carbons (Fsp3) is 0.706. The van der Waals surface area contributed by atoms with E-state index in [9.17, 15) is 13.2 Å². The fourth-order valence-electron chi connectivity index (χ4n) is 3.56. The highest BCUT2D eigenvalue weighted by Crippen LogP contribution is 2.26. The lowest BCUT2D eigenvalue weighted by atomic mass is 9.97. The van der Waals surface area contributed by atoms with Crippen molar-refractivity contribution in [1.29, 1.82) is 0 Å². The summed E-state index contributed by atoms with van der Waals surface area (Å²) >= 11 is 1.24. The van der Waals surface area contributed by atoms with E-state index >= 15 is 0 Å². The van der Waals surface area contributed by atoms with Gasteiger partial charge in [-0.2, -0.15) is 4.31 Å². The van der Waals surface area contributed by atoms with Crippen LogP contribution in [0.3, 0.4) is 0 Å². The Hall–Kier alpha value is -0.960. The van der Waals surface area contributed by atoms with E-state index in [1.165, 1.54) is 41.6 Å². The van der Waals surface area contributed by atoms with Crippen LogP contribution < -0.4 is 5.32 Å². The number of piperidine rings is 1. The van der Waals surface area contributed by atoms with Crippen molar-refractivity contribution in [3.8, 4) is 0 Å². The zero-order valence-corrected chi connectivity index (χ0v) is 16.2. The molecule has 0 radical (unpaired) electrons. The minimum Gasteiger partial charge on any atom is -0.356 e. The van der Waals surface area contributed by atoms with E-state index in [0.29, 0.717) is 36.7 Å². The molecule has 1 amide bonds. The molecule has 0 bridgehead atoms. The van der Waals surface area contributed by atoms with Crippen molar-refractivity contribution in [3.63, 3.8) is 0 Å². The van der Waals surface area contributed by atoms with Crippen LogP contribution in [0.1, 0.15) is 32.1 Å². The van der Waals surface area contributed by atoms with Crippen LogP contribution in [-0.2, 0) is 14.8 Å². The minimum absolute atomic E-state index is 0.0680. The van der Waals surface area contributed by atoms with E-state index in [2.05, 4.69) is 10.2 Å². The molecule has 2 aliphatic rings. The predicted octanol–water partition coefficient (Wildman–Crippen LogP) is 1.75. The van der Waals surface area contributed by atoms with Gasteiger partial charge in [0.05, 0.1) is 0 Å². The largest absolute Gasteiger partial charge is 0.356 e. The Bertz CT molecular complexity index is 647. The van der Waals surface area contributed by atoms with Gasteiger partial charge in [-0.3, -0.25) is 4.79 Å². The molecule has 6 nitrogen and oxygen atoms in total. The van der Waals surface area contributed by atoms with Gasteiger partial charge in [-0.05, 0) is 63.2 Å². The highest BCUT2D eigenvalue weighted by molar-refractivity contribution is 7.91. The number of hydrogen-bond acceptors (Lipinski definition) is 5. The van der Waals surface area contributed by atoms with Crippen molar-refractivity contribution in [3.05, 3.63) is 17.5 Å². The van der Waals surface area contributed by atoms with Crippen LogP contribution in [0.5, 0.6) is 0 Å². The van der Waals surface area contributed by atoms with Crippen molar-refractivity contribution in [2.45, 2.75) is 36.3 Å². The molecule has 2 aliphatic heterocycles. The number of nitrogens with zero attached hydrogens (tertiary/aromatic N) is 2. The zero-order valence-electron chi connectivity index (χ0n) is 14.5. The lowest BCUT2D eigenvalue weighted by Crippen LogP contribution is -2.43. The number of hydrogen-bond donors (Lipinski definition) is 1. The Balaban J connectivity index is 1.38. The van der Waals surface area contributed by atoms with Crippen LogP contribution in [-0.4, -0.2) is 62.8 Å². The van der Waals surface area contributed by atoms with Crippen molar-refractivity contribution >= 4 is 27.3 Å². The van der Waals surface area contributed by atoms with Crippen LogP contribution in [0, 0.1) is 5.92 Å². The van der Waals surface area contributed by atoms with E-state index in [4.69, 9.17) is 0 Å². The minimum atomic E-state index is -3.38. The molecule has 140 valence electrons. The lowest BCUT2D eigenvalue weighted by Gasteiger charge is -2.30. The highest BCUT2D eigenvalue weighted by Gasteiger charge is 2.32. The van der Waals surface area contributed by atoms with Crippen molar-refractivity contribution in [1.82, 2.24) is 14.5 Å². The third kappa shape index (κ3) is 4.81. The molecule has 1 aromatic rings. The first-order chi connectivity index (χ1) is 12.1. The summed E-state index contributed by atoms with van der Waals surface area (Å²) in [7, 11) is -3.38. The zero-order chi connectivity index (χ0) is 17.7. The van der Waals surface area contributed by atoms with Crippen LogP contribution >= 0.6 is 11.3 Å². The summed E-state index contributed by atoms with van der Waals surface area (Å²) in [4.78, 5) is 14.7. The molecule has 0 spiro atoms. The maximum atomic E-state index is 12.5. The summed E-state index contributed by atoms with van der Waals surface area (Å²) in [6.45, 7) is 4.98. The Labute approximate surface area is 154 Å². The second kappa shape index (κ2) is 8.62. The van der Waals surface area contributed by atoms with Crippen LogP contribution in [0.15, 0.2) is 21.7 Å². The normalized spacial score (nSPS) is 20.8. The molecular formula is C17H27N3O3S2. The number of thiophene rings is 1. The summed E-state index contributed by atoms with van der Waals surface area (Å²) in [6, 6.07) is 3.39. The average molecular weight is 386 g/mol. The number of sulfonamides is 1. The third-order valence-corrected chi connectivity index (χ3v) is 8.33. The van der Waals surface area contributed by atoms with E-state index < -0.39 is 10.0 Å². The van der Waals surface area contributed by atoms with Gasteiger partial charge in [-0.15, -0.1) is 11.3 Å². The fourth-order valence-corrected chi connectivity index (χ4v) is 6.17. The van der Waals surface area contributed by atoms with Gasteiger partial charge < -0.3 is 10.2 Å². The molecule has 3 heterocycles. The Morgan fingerprint density at radius 1 is 1.20 bits per heavy atom. The SMILES string of the molecule is O=C(NCCCN1CCCC1)C1CCN(S(=O)(=O)c2cccs2)CC1. The van der Waals surface area contributed by atoms with Gasteiger partial charge in [0.15, 0.2) is 0 Å². The third-order valence-electron chi connectivity index (χ3n) is 5.06. The number of amides is 1. The predicted molar refractivity (Wildman–Crippen MR) is 99.1 cm³/mol. The van der Waals surface area contributed by atoms with Gasteiger partial charge >= 0.3 is 0 Å². The van der Waals surface area contributed by atoms with Crippen LogP contribution in [0.2, 0.25) is 0 Å². The van der Waals surface area contributed by atoms with E-state index in [1.54, 1.807) is 17.5 Å². The monoisotopic (exact) mass is 385 g/mol. The Morgan fingerprint density at radius 3 is 2.56 bits per heavy atom. The van der Waals surface area contributed by atoms with Gasteiger partial charge in [0.2, 0.25) is 5.91 Å². The van der Waals surface area contributed by atoms with Gasteiger partial charge in [0.1, 0.15) is 4.21 Å². The lowest BCUT2D eigenvalue weighted by molar-refractivity contribution is -0.126. The smallest absolute Gasteiger partial charge is 0.252 e. The Kier molecular flexibility index (Phi) is 6.49. The average Bonchev–Trinajstić information content (AvgIpc) is 3.32. The van der Waals surface area contributed by atoms with Gasteiger partial charge in [0.25, 0.3) is 10.0 Å². The van der Waals surface area contributed by atoms with Crippen molar-refractivity contribution in [2.75, 3.05) is 39.3 Å². The molecule has 0 unspecified atom stereocenters. The van der Waals surface area contributed by atoms with E-state index in [-0.39, 0.29) is 11.8 Å². The number of likely N-dealkylation sites (tertiary alicyclic amines) is 1. The quantitative estimate of drug-likeness (QED) is 0.726. The highest BCUT2D eigenvalue weighted by atomic mass is 32.2. The number of rotatable bonds is 7. The molecule has 25 heavy (non-hydrogen) atoms. The van der Waals surface area contributed by atoms with Crippen molar-refractivity contribution < 1.29 is 13.2 Å². The Morgan fingerprint density at radius 2 is 1.92 bits per heavy atom. The first-order valence-corrected chi connectivity index (χ1v) is 11.4. The first-order valence-electron chi connectivity index (χ1n) is 9.11. The molecule has 0 saturated carbocycles. The van der Waals surface area contributed by atoms with Gasteiger partial charge in [-0.1, -0.05) is 6.07 Å².